The lowest BCUT2D eigenvalue weighted by Crippen LogP contribution is -2.59. The van der Waals surface area contributed by atoms with Crippen LogP contribution in [0.3, 0.4) is 0 Å². The molecule has 4 saturated carbocycles. The summed E-state index contributed by atoms with van der Waals surface area (Å²) in [6, 6.07) is 0. The molecule has 0 radical (unpaired) electrons. The molecule has 26 atom stereocenters. The molecule has 37 heteroatoms. The second-order valence-electron chi connectivity index (χ2n) is 26.7. The molecule has 0 aromatic carbocycles. The van der Waals surface area contributed by atoms with Crippen molar-refractivity contribution in [3.8, 4) is 0 Å². The number of esters is 1. The number of aliphatic hydroxyl groups excluding tert-OH is 28. The van der Waals surface area contributed by atoms with Crippen molar-refractivity contribution in [2.75, 3.05) is 46.2 Å². The smallest absolute Gasteiger partial charge is 0.314 e. The molecule has 4 aliphatic carbocycles. The fourth-order valence-corrected chi connectivity index (χ4v) is 14.3. The third-order valence-corrected chi connectivity index (χ3v) is 19.8. The number of hydrogen-bond acceptors (Lipinski definition) is 37. The summed E-state index contributed by atoms with van der Waals surface area (Å²) < 4.78 is 45.3. The van der Waals surface area contributed by atoms with E-state index in [-0.39, 0.29) is 32.1 Å². The highest BCUT2D eigenvalue weighted by atomic mass is 16.7. The van der Waals surface area contributed by atoms with E-state index in [0.717, 1.165) is 0 Å². The Balaban J connectivity index is 1.56. The van der Waals surface area contributed by atoms with Crippen molar-refractivity contribution in [1.82, 2.24) is 0 Å². The molecule has 1 saturated heterocycles. The van der Waals surface area contributed by atoms with Crippen LogP contribution in [0.1, 0.15) is 111 Å². The van der Waals surface area contributed by atoms with Crippen molar-refractivity contribution < 1.29 is 186 Å². The fourth-order valence-electron chi connectivity index (χ4n) is 14.3. The zero-order valence-corrected chi connectivity index (χ0v) is 55.5. The maximum atomic E-state index is 15.0. The molecule has 22 unspecified atom stereocenters. The summed E-state index contributed by atoms with van der Waals surface area (Å²) in [5, 5.41) is 298. The zero-order chi connectivity index (χ0) is 75.2. The van der Waals surface area contributed by atoms with Crippen LogP contribution >= 0.6 is 0 Å². The lowest BCUT2D eigenvalue weighted by Gasteiger charge is -2.62. The lowest BCUT2D eigenvalue weighted by molar-refractivity contribution is -0.301. The predicted octanol–water partition coefficient (Wildman–Crippen LogP) is -5.05. The normalized spacial score (nSPS) is 34.7. The maximum absolute atomic E-state index is 15.0. The van der Waals surface area contributed by atoms with Crippen LogP contribution in [0.2, 0.25) is 0 Å². The molecule has 0 bridgehead atoms. The van der Waals surface area contributed by atoms with Gasteiger partial charge in [-0.15, -0.1) is 0 Å². The minimum atomic E-state index is -2.91. The fraction of sp³-hybridized carbons (Fsp3) is 0.794. The Kier molecular flexibility index (Phi) is 32.1. The Bertz CT molecular complexity index is 2790. The van der Waals surface area contributed by atoms with Crippen molar-refractivity contribution in [1.29, 1.82) is 0 Å². The average Bonchev–Trinajstić information content (AvgIpc) is 1.07. The number of rotatable bonds is 36. The van der Waals surface area contributed by atoms with Gasteiger partial charge in [0.05, 0.1) is 30.8 Å². The topological polar surface area (TPSA) is 657 Å². The highest BCUT2D eigenvalue weighted by molar-refractivity contribution is 5.77. The standard InChI is InChI=1S/C63H104O37/c1-26-23-61(2)16-8-37-62(3,14-5-15-63(37,4)60(92)100-58(91)53(99-56(89)48(85)41(78)30(72)11-19-66)50(31(73)12-20-67)97-54(87)46(83)39(76)28(70)9-17-64)36(61)7-6-33(26)95-57(90)52(94-34-22-27(24-68)38(75)44(81)42(34)79)51(98-55(88)47(84)40(77)29(71)10-18-65)32(74)13-21-93-59-49(86)45(82)43(80)35(25-69)96-59/h27-38,42-45,49,54-59,64-91H,1,5-25H2,2-4H3/b46-39+,47-40-,48-41+,52-51-,53-50-/t27?,28?,29?,30?,31?,32?,33?,34?,35?,36-,37?,38?,42?,43?,44?,45?,49?,54?,55?,56?,57?,58?,59?,61-,62+,63-/m1/s1. The number of carbonyl (C=O) groups excluding carboxylic acids is 1. The Labute approximate surface area is 574 Å². The number of carbonyl (C=O) groups is 1. The van der Waals surface area contributed by atoms with Gasteiger partial charge in [0.25, 0.3) is 25.2 Å². The van der Waals surface area contributed by atoms with Crippen LogP contribution < -0.4 is 0 Å². The molecule has 28 N–H and O–H groups in total. The highest BCUT2D eigenvalue weighted by Crippen LogP contribution is 2.67. The molecule has 0 aromatic heterocycles. The monoisotopic (exact) mass is 1450 g/mol. The largest absolute Gasteiger partial charge is 0.506 e. The molecule has 0 aromatic rings. The van der Waals surface area contributed by atoms with Gasteiger partial charge in [0.1, 0.15) is 73.2 Å². The van der Waals surface area contributed by atoms with Gasteiger partial charge in [-0.05, 0) is 86.5 Å². The van der Waals surface area contributed by atoms with E-state index in [0.29, 0.717) is 24.8 Å². The van der Waals surface area contributed by atoms with E-state index < -0.39 is 306 Å². The molecule has 1 aliphatic heterocycles. The number of ether oxygens (including phenoxy) is 8. The SMILES string of the molecule is C=C1C[C@@]2(C)CCC3[C@](C)(C(=O)OC(O)/C(OC(O)/C(O)=C(\O)C(O)CCO)=C(/OC(O)/C(O)=C(\O)C(O)CCO)C(O)CCO)CCC[C@@]3(C)[C@@H]2CCC1OC(O)/C(OC1CC(CO)C(O)C(O)C1O)=C(/OC(O)/C(O)=C(/O)C(O)CCO)C(O)CCOC1OC(CO)C(O)C(O)C1O. The molecule has 578 valence electrons. The molecule has 5 aliphatic rings. The Morgan fingerprint density at radius 1 is 0.500 bits per heavy atom. The van der Waals surface area contributed by atoms with Crippen LogP contribution in [0, 0.1) is 34.0 Å². The maximum Gasteiger partial charge on any atom is 0.314 e. The van der Waals surface area contributed by atoms with Crippen LogP contribution in [0.4, 0.5) is 0 Å². The molecular formula is C63H104O37. The van der Waals surface area contributed by atoms with E-state index >= 15 is 4.79 Å². The van der Waals surface area contributed by atoms with Gasteiger partial charge in [0, 0.05) is 71.1 Å². The lowest BCUT2D eigenvalue weighted by atomic mass is 9.42. The summed E-state index contributed by atoms with van der Waals surface area (Å²) in [7, 11) is 0. The van der Waals surface area contributed by atoms with Gasteiger partial charge >= 0.3 is 5.97 Å². The van der Waals surface area contributed by atoms with Crippen molar-refractivity contribution in [3.05, 3.63) is 69.7 Å². The van der Waals surface area contributed by atoms with Crippen LogP contribution in [0.15, 0.2) is 69.7 Å². The Morgan fingerprint density at radius 3 is 1.48 bits per heavy atom. The molecule has 37 nitrogen and oxygen atoms in total. The minimum absolute atomic E-state index is 0.0288. The highest BCUT2D eigenvalue weighted by Gasteiger charge is 2.63. The van der Waals surface area contributed by atoms with E-state index in [2.05, 4.69) is 6.58 Å². The summed E-state index contributed by atoms with van der Waals surface area (Å²) in [5.41, 5.74) is -2.87. The first-order valence-corrected chi connectivity index (χ1v) is 32.8. The van der Waals surface area contributed by atoms with E-state index in [1.54, 1.807) is 0 Å². The first-order chi connectivity index (χ1) is 46.9. The van der Waals surface area contributed by atoms with Crippen molar-refractivity contribution in [3.63, 3.8) is 0 Å². The Morgan fingerprint density at radius 2 is 0.980 bits per heavy atom. The molecule has 1 heterocycles. The molecule has 0 spiro atoms. The van der Waals surface area contributed by atoms with Crippen molar-refractivity contribution in [2.45, 2.75) is 234 Å². The van der Waals surface area contributed by atoms with Crippen LogP contribution in [-0.4, -0.2) is 318 Å². The summed E-state index contributed by atoms with van der Waals surface area (Å²) in [6.45, 7) is 4.14. The number of fused-ring (bicyclic) bond motifs is 3. The van der Waals surface area contributed by atoms with Gasteiger partial charge < -0.3 is 181 Å². The first kappa shape index (κ1) is 85.6. The molecule has 0 amide bonds. The summed E-state index contributed by atoms with van der Waals surface area (Å²) in [6.07, 6.45) is -44.6. The third kappa shape index (κ3) is 19.8. The van der Waals surface area contributed by atoms with Crippen LogP contribution in [0.25, 0.3) is 0 Å². The summed E-state index contributed by atoms with van der Waals surface area (Å²) >= 11 is 0. The average molecular weight is 1450 g/mol. The zero-order valence-electron chi connectivity index (χ0n) is 55.5. The van der Waals surface area contributed by atoms with Crippen molar-refractivity contribution >= 4 is 5.97 Å². The second kappa shape index (κ2) is 37.6. The van der Waals surface area contributed by atoms with Gasteiger partial charge in [-0.25, -0.2) is 0 Å². The van der Waals surface area contributed by atoms with Gasteiger partial charge in [-0.3, -0.25) is 4.79 Å². The van der Waals surface area contributed by atoms with E-state index in [1.165, 1.54) is 6.92 Å². The van der Waals surface area contributed by atoms with Crippen LogP contribution in [-0.2, 0) is 42.7 Å². The van der Waals surface area contributed by atoms with E-state index in [9.17, 15) is 143 Å². The molecule has 5 fully saturated rings. The molecular weight excluding hydrogens is 1350 g/mol. The quantitative estimate of drug-likeness (QED) is 0.0121. The molecule has 5 rings (SSSR count). The minimum Gasteiger partial charge on any atom is -0.506 e. The second-order valence-corrected chi connectivity index (χ2v) is 26.7. The van der Waals surface area contributed by atoms with Crippen molar-refractivity contribution in [2.24, 2.45) is 34.0 Å². The summed E-state index contributed by atoms with van der Waals surface area (Å²) in [4.78, 5) is 15.0. The van der Waals surface area contributed by atoms with Crippen LogP contribution in [0.5, 0.6) is 0 Å². The first-order valence-electron chi connectivity index (χ1n) is 32.8. The third-order valence-electron chi connectivity index (χ3n) is 19.8. The van der Waals surface area contributed by atoms with Gasteiger partial charge in [0.15, 0.2) is 40.8 Å². The summed E-state index contributed by atoms with van der Waals surface area (Å²) in [5.74, 6) is -17.1. The number of aliphatic hydroxyl groups is 28. The molecule has 100 heavy (non-hydrogen) atoms. The van der Waals surface area contributed by atoms with E-state index in [1.807, 2.05) is 13.8 Å². The van der Waals surface area contributed by atoms with Gasteiger partial charge in [0.2, 0.25) is 29.3 Å². The van der Waals surface area contributed by atoms with E-state index in [4.69, 9.17) is 37.9 Å². The number of hydrogen-bond donors (Lipinski definition) is 28. The van der Waals surface area contributed by atoms with Gasteiger partial charge in [-0.1, -0.05) is 26.8 Å². The van der Waals surface area contributed by atoms with Gasteiger partial charge in [-0.2, -0.15) is 0 Å². The Hall–Kier alpha value is -5.09. The predicted molar refractivity (Wildman–Crippen MR) is 332 cm³/mol.